The lowest BCUT2D eigenvalue weighted by Gasteiger charge is -2.10. The van der Waals surface area contributed by atoms with Crippen molar-refractivity contribution in [1.29, 1.82) is 0 Å². The monoisotopic (exact) mass is 238 g/mol. The predicted molar refractivity (Wildman–Crippen MR) is 62.6 cm³/mol. The van der Waals surface area contributed by atoms with Gasteiger partial charge in [-0.05, 0) is 23.1 Å². The van der Waals surface area contributed by atoms with Crippen LogP contribution in [0.5, 0.6) is 0 Å². The highest BCUT2D eigenvalue weighted by Gasteiger charge is 2.03. The van der Waals surface area contributed by atoms with Gasteiger partial charge in [-0.1, -0.05) is 61.0 Å². The molecule has 1 aromatic rings. The fourth-order valence-corrected chi connectivity index (χ4v) is 1.37. The van der Waals surface area contributed by atoms with Crippen molar-refractivity contribution < 1.29 is 0 Å². The molecule has 0 aromatic heterocycles. The Morgan fingerprint density at radius 2 is 1.92 bits per heavy atom. The van der Waals surface area contributed by atoms with Gasteiger partial charge in [0.2, 0.25) is 0 Å². The highest BCUT2D eigenvalue weighted by Crippen LogP contribution is 2.18. The third-order valence-corrected chi connectivity index (χ3v) is 2.12. The van der Waals surface area contributed by atoms with Crippen LogP contribution in [-0.2, 0) is 0 Å². The zero-order valence-corrected chi connectivity index (χ0v) is 9.93. The first-order valence-electron chi connectivity index (χ1n) is 4.42. The minimum atomic E-state index is 0.252. The van der Waals surface area contributed by atoms with Crippen molar-refractivity contribution in [2.24, 2.45) is 5.41 Å². The second-order valence-electron chi connectivity index (χ2n) is 4.25. The number of hydrogen-bond donors (Lipinski definition) is 0. The van der Waals surface area contributed by atoms with Crippen molar-refractivity contribution in [3.63, 3.8) is 0 Å². The number of benzene rings is 1. The molecule has 0 aliphatic carbocycles. The van der Waals surface area contributed by atoms with Crippen LogP contribution < -0.4 is 0 Å². The molecule has 0 radical (unpaired) electrons. The summed E-state index contributed by atoms with van der Waals surface area (Å²) in [6, 6.07) is 8.30. The Labute approximate surface area is 88.8 Å². The summed E-state index contributed by atoms with van der Waals surface area (Å²) in [7, 11) is 0. The molecule has 0 bridgehead atoms. The summed E-state index contributed by atoms with van der Waals surface area (Å²) in [4.78, 5) is 0. The highest BCUT2D eigenvalue weighted by molar-refractivity contribution is 9.10. The first-order chi connectivity index (χ1) is 5.97. The lowest BCUT2D eigenvalue weighted by atomic mass is 9.95. The molecule has 0 saturated heterocycles. The van der Waals surface area contributed by atoms with Crippen molar-refractivity contribution in [2.75, 3.05) is 0 Å². The maximum atomic E-state index is 3.45. The van der Waals surface area contributed by atoms with Crippen LogP contribution >= 0.6 is 15.9 Å². The van der Waals surface area contributed by atoms with Crippen LogP contribution in [0.4, 0.5) is 0 Å². The molecular weight excluding hydrogens is 224 g/mol. The van der Waals surface area contributed by atoms with Crippen molar-refractivity contribution in [2.45, 2.75) is 20.8 Å². The Morgan fingerprint density at radius 1 is 1.23 bits per heavy atom. The van der Waals surface area contributed by atoms with E-state index >= 15 is 0 Å². The van der Waals surface area contributed by atoms with Gasteiger partial charge in [0, 0.05) is 4.47 Å². The lowest BCUT2D eigenvalue weighted by Crippen LogP contribution is -1.97. The third kappa shape index (κ3) is 4.28. The minimum absolute atomic E-state index is 0.252. The maximum absolute atomic E-state index is 3.45. The number of rotatable bonds is 1. The molecule has 1 heteroatoms. The first kappa shape index (κ1) is 10.5. The van der Waals surface area contributed by atoms with Gasteiger partial charge in [0.05, 0.1) is 0 Å². The number of allylic oxidation sites excluding steroid dienone is 1. The second kappa shape index (κ2) is 4.10. The van der Waals surface area contributed by atoms with Crippen LogP contribution in [0.1, 0.15) is 26.3 Å². The average molecular weight is 239 g/mol. The molecule has 0 heterocycles. The molecule has 13 heavy (non-hydrogen) atoms. The Kier molecular flexibility index (Phi) is 3.32. The molecule has 70 valence electrons. The third-order valence-electron chi connectivity index (χ3n) is 1.62. The summed E-state index contributed by atoms with van der Waals surface area (Å²) < 4.78 is 1.13. The molecule has 0 atom stereocenters. The number of halogens is 1. The zero-order valence-electron chi connectivity index (χ0n) is 8.34. The minimum Gasteiger partial charge on any atom is -0.0785 e. The van der Waals surface area contributed by atoms with E-state index in [-0.39, 0.29) is 5.41 Å². The van der Waals surface area contributed by atoms with Crippen molar-refractivity contribution >= 4 is 22.0 Å². The summed E-state index contributed by atoms with van der Waals surface area (Å²) in [6.07, 6.45) is 4.37. The van der Waals surface area contributed by atoms with E-state index in [9.17, 15) is 0 Å². The van der Waals surface area contributed by atoms with Crippen LogP contribution in [0.15, 0.2) is 34.8 Å². The maximum Gasteiger partial charge on any atom is 0.0181 e. The fourth-order valence-electron chi connectivity index (χ4n) is 0.956. The van der Waals surface area contributed by atoms with Crippen LogP contribution in [0.3, 0.4) is 0 Å². The summed E-state index contributed by atoms with van der Waals surface area (Å²) >= 11 is 3.45. The SMILES string of the molecule is CC(C)(C)/C=C/c1cccc(Br)c1. The standard InChI is InChI=1S/C12H15Br/c1-12(2,3)8-7-10-5-4-6-11(13)9-10/h4-9H,1-3H3/b8-7+. The molecule has 1 rings (SSSR count). The van der Waals surface area contributed by atoms with Crippen LogP contribution in [0, 0.1) is 5.41 Å². The van der Waals surface area contributed by atoms with Crippen LogP contribution in [0.2, 0.25) is 0 Å². The molecule has 1 aromatic carbocycles. The van der Waals surface area contributed by atoms with Gasteiger partial charge in [0.15, 0.2) is 0 Å². The number of hydrogen-bond acceptors (Lipinski definition) is 0. The van der Waals surface area contributed by atoms with E-state index in [1.807, 2.05) is 12.1 Å². The highest BCUT2D eigenvalue weighted by atomic mass is 79.9. The first-order valence-corrected chi connectivity index (χ1v) is 5.21. The van der Waals surface area contributed by atoms with Crippen LogP contribution in [0.25, 0.3) is 6.08 Å². The largest absolute Gasteiger partial charge is 0.0785 e. The van der Waals surface area contributed by atoms with E-state index in [1.165, 1.54) is 5.56 Å². The lowest BCUT2D eigenvalue weighted by molar-refractivity contribution is 0.547. The second-order valence-corrected chi connectivity index (χ2v) is 5.17. The van der Waals surface area contributed by atoms with Gasteiger partial charge in [-0.25, -0.2) is 0 Å². The molecule has 0 spiro atoms. The molecule has 0 fully saturated rings. The van der Waals surface area contributed by atoms with E-state index in [0.717, 1.165) is 4.47 Å². The predicted octanol–water partition coefficient (Wildman–Crippen LogP) is 4.51. The van der Waals surface area contributed by atoms with Gasteiger partial charge in [0.1, 0.15) is 0 Å². The quantitative estimate of drug-likeness (QED) is 0.676. The molecule has 0 aliphatic rings. The molecule has 0 aliphatic heterocycles. The normalized spacial score (nSPS) is 12.3. The van der Waals surface area contributed by atoms with E-state index in [1.54, 1.807) is 0 Å². The summed E-state index contributed by atoms with van der Waals surface area (Å²) in [5, 5.41) is 0. The van der Waals surface area contributed by atoms with Crippen molar-refractivity contribution in [1.82, 2.24) is 0 Å². The van der Waals surface area contributed by atoms with Crippen LogP contribution in [-0.4, -0.2) is 0 Å². The van der Waals surface area contributed by atoms with Gasteiger partial charge >= 0.3 is 0 Å². The van der Waals surface area contributed by atoms with Crippen molar-refractivity contribution in [3.8, 4) is 0 Å². The Balaban J connectivity index is 2.80. The fraction of sp³-hybridized carbons (Fsp3) is 0.333. The molecule has 0 nitrogen and oxygen atoms in total. The Hall–Kier alpha value is -0.560. The van der Waals surface area contributed by atoms with Gasteiger partial charge in [-0.3, -0.25) is 0 Å². The Morgan fingerprint density at radius 3 is 2.46 bits per heavy atom. The van der Waals surface area contributed by atoms with Gasteiger partial charge < -0.3 is 0 Å². The molecule has 0 saturated carbocycles. The smallest absolute Gasteiger partial charge is 0.0181 e. The average Bonchev–Trinajstić information content (AvgIpc) is 2.00. The summed E-state index contributed by atoms with van der Waals surface area (Å²) in [6.45, 7) is 6.59. The van der Waals surface area contributed by atoms with E-state index in [0.29, 0.717) is 0 Å². The molecule has 0 N–H and O–H groups in total. The van der Waals surface area contributed by atoms with Gasteiger partial charge in [-0.2, -0.15) is 0 Å². The molecular formula is C12H15Br. The topological polar surface area (TPSA) is 0 Å². The summed E-state index contributed by atoms with van der Waals surface area (Å²) in [5.41, 5.74) is 1.49. The van der Waals surface area contributed by atoms with Gasteiger partial charge in [0.25, 0.3) is 0 Å². The van der Waals surface area contributed by atoms with E-state index in [4.69, 9.17) is 0 Å². The molecule has 0 amide bonds. The Bertz CT molecular complexity index is 305. The molecule has 0 unspecified atom stereocenters. The van der Waals surface area contributed by atoms with Crippen molar-refractivity contribution in [3.05, 3.63) is 40.4 Å². The zero-order chi connectivity index (χ0) is 9.90. The summed E-state index contributed by atoms with van der Waals surface area (Å²) in [5.74, 6) is 0. The van der Waals surface area contributed by atoms with E-state index < -0.39 is 0 Å². The van der Waals surface area contributed by atoms with Gasteiger partial charge in [-0.15, -0.1) is 0 Å². The van der Waals surface area contributed by atoms with E-state index in [2.05, 4.69) is 61.0 Å².